The van der Waals surface area contributed by atoms with Crippen molar-refractivity contribution in [3.63, 3.8) is 0 Å². The molecule has 144 valence electrons. The molecule has 0 bridgehead atoms. The van der Waals surface area contributed by atoms with Crippen molar-refractivity contribution in [2.24, 2.45) is 0 Å². The molecule has 0 spiro atoms. The lowest BCUT2D eigenvalue weighted by Crippen LogP contribution is -2.29. The molecule has 0 saturated carbocycles. The van der Waals surface area contributed by atoms with Crippen molar-refractivity contribution in [1.29, 1.82) is 0 Å². The van der Waals surface area contributed by atoms with Crippen LogP contribution < -0.4 is 13.8 Å². The summed E-state index contributed by atoms with van der Waals surface area (Å²) in [5, 5.41) is 0. The fraction of sp³-hybridized carbons (Fsp3) is 0.235. The molecule has 0 atom stereocenters. The van der Waals surface area contributed by atoms with Gasteiger partial charge in [0, 0.05) is 6.42 Å². The molecule has 0 radical (unpaired) electrons. The van der Waals surface area contributed by atoms with Crippen LogP contribution in [0.15, 0.2) is 47.4 Å². The largest absolute Gasteiger partial charge is 0.495 e. The van der Waals surface area contributed by atoms with Gasteiger partial charge in [0.1, 0.15) is 5.75 Å². The molecule has 1 amide bonds. The highest BCUT2D eigenvalue weighted by molar-refractivity contribution is 7.94. The Bertz CT molecular complexity index is 1090. The first-order valence-corrected chi connectivity index (χ1v) is 11.1. The maximum atomic E-state index is 12.6. The number of nitrogens with one attached hydrogen (secondary N) is 1. The van der Waals surface area contributed by atoms with Crippen molar-refractivity contribution < 1.29 is 26.4 Å². The number of ether oxygens (including phenoxy) is 1. The van der Waals surface area contributed by atoms with Gasteiger partial charge in [-0.05, 0) is 48.9 Å². The van der Waals surface area contributed by atoms with Gasteiger partial charge in [0.15, 0.2) is 0 Å². The van der Waals surface area contributed by atoms with Gasteiger partial charge < -0.3 is 4.74 Å². The first kappa shape index (κ1) is 19.2. The van der Waals surface area contributed by atoms with Crippen LogP contribution in [-0.4, -0.2) is 35.6 Å². The number of sulfonamides is 2. The Kier molecular flexibility index (Phi) is 4.87. The summed E-state index contributed by atoms with van der Waals surface area (Å²) in [5.74, 6) is -0.414. The molecule has 2 aromatic rings. The zero-order valence-electron chi connectivity index (χ0n) is 14.7. The summed E-state index contributed by atoms with van der Waals surface area (Å²) in [6, 6.07) is 10.2. The lowest BCUT2D eigenvalue weighted by Gasteiger charge is -2.16. The summed E-state index contributed by atoms with van der Waals surface area (Å²) >= 11 is 0. The molecular formula is C17H18N2O6S2. The van der Waals surface area contributed by atoms with Crippen LogP contribution in [0.25, 0.3) is 0 Å². The second-order valence-electron chi connectivity index (χ2n) is 6.03. The number of aryl methyl sites for hydroxylation is 1. The van der Waals surface area contributed by atoms with Gasteiger partial charge in [-0.2, -0.15) is 0 Å². The number of carbonyl (C=O) groups excluding carboxylic acids is 1. The van der Waals surface area contributed by atoms with Crippen LogP contribution in [0.4, 0.5) is 11.4 Å². The molecule has 10 heteroatoms. The van der Waals surface area contributed by atoms with E-state index in [0.717, 1.165) is 5.56 Å². The first-order chi connectivity index (χ1) is 12.6. The average Bonchev–Trinajstić information content (AvgIpc) is 2.88. The minimum atomic E-state index is -3.93. The van der Waals surface area contributed by atoms with E-state index in [1.807, 2.05) is 6.92 Å². The second kappa shape index (κ2) is 6.86. The monoisotopic (exact) mass is 410 g/mol. The Morgan fingerprint density at radius 1 is 1.11 bits per heavy atom. The number of methoxy groups -OCH3 is 1. The molecule has 27 heavy (non-hydrogen) atoms. The van der Waals surface area contributed by atoms with E-state index in [2.05, 4.69) is 4.72 Å². The molecule has 1 N–H and O–H groups in total. The van der Waals surface area contributed by atoms with E-state index in [9.17, 15) is 21.6 Å². The van der Waals surface area contributed by atoms with Crippen LogP contribution in [-0.2, 0) is 24.8 Å². The normalized spacial score (nSPS) is 16.4. The Morgan fingerprint density at radius 3 is 2.33 bits per heavy atom. The number of carbonyl (C=O) groups is 1. The van der Waals surface area contributed by atoms with Gasteiger partial charge in [-0.15, -0.1) is 0 Å². The third kappa shape index (κ3) is 3.76. The van der Waals surface area contributed by atoms with E-state index >= 15 is 0 Å². The Labute approximate surface area is 157 Å². The van der Waals surface area contributed by atoms with Gasteiger partial charge >= 0.3 is 0 Å². The van der Waals surface area contributed by atoms with E-state index in [1.54, 1.807) is 18.2 Å². The fourth-order valence-corrected chi connectivity index (χ4v) is 5.26. The maximum absolute atomic E-state index is 12.6. The fourth-order valence-electron chi connectivity index (χ4n) is 2.73. The van der Waals surface area contributed by atoms with Gasteiger partial charge in [-0.25, -0.2) is 21.1 Å². The van der Waals surface area contributed by atoms with Crippen molar-refractivity contribution in [3.8, 4) is 5.75 Å². The number of hydrogen-bond acceptors (Lipinski definition) is 6. The predicted molar refractivity (Wildman–Crippen MR) is 101 cm³/mol. The molecule has 1 aliphatic heterocycles. The van der Waals surface area contributed by atoms with Gasteiger partial charge in [0.05, 0.1) is 29.1 Å². The smallest absolute Gasteiger partial charge is 0.262 e. The number of hydrogen-bond donors (Lipinski definition) is 1. The highest BCUT2D eigenvalue weighted by Gasteiger charge is 2.36. The van der Waals surface area contributed by atoms with Gasteiger partial charge in [-0.3, -0.25) is 9.52 Å². The van der Waals surface area contributed by atoms with E-state index in [-0.39, 0.29) is 22.8 Å². The van der Waals surface area contributed by atoms with Crippen molar-refractivity contribution >= 4 is 37.3 Å². The quantitative estimate of drug-likeness (QED) is 0.806. The van der Waals surface area contributed by atoms with Crippen LogP contribution in [0.5, 0.6) is 5.75 Å². The Hall–Kier alpha value is -2.59. The minimum absolute atomic E-state index is 0.0705. The van der Waals surface area contributed by atoms with Crippen LogP contribution in [0.3, 0.4) is 0 Å². The number of rotatable bonds is 5. The molecule has 3 rings (SSSR count). The molecule has 1 heterocycles. The number of anilines is 2. The second-order valence-corrected chi connectivity index (χ2v) is 9.65. The standard InChI is InChI=1S/C17H18N2O6S2/c1-12-3-8-16(25-2)15(11-12)18-27(23,24)14-6-4-13(5-7-14)19-17(20)9-10-26(19,21)22/h3-8,11,18H,9-10H2,1-2H3. The molecule has 1 fully saturated rings. The van der Waals surface area contributed by atoms with Gasteiger partial charge in [0.25, 0.3) is 10.0 Å². The van der Waals surface area contributed by atoms with Crippen LogP contribution in [0.2, 0.25) is 0 Å². The molecule has 0 unspecified atom stereocenters. The molecule has 2 aromatic carbocycles. The van der Waals surface area contributed by atoms with Crippen LogP contribution in [0, 0.1) is 6.92 Å². The number of benzene rings is 2. The summed E-state index contributed by atoms with van der Waals surface area (Å²) in [6.07, 6.45) is -0.0862. The maximum Gasteiger partial charge on any atom is 0.262 e. The lowest BCUT2D eigenvalue weighted by atomic mass is 10.2. The summed E-state index contributed by atoms with van der Waals surface area (Å²) < 4.78 is 57.5. The van der Waals surface area contributed by atoms with E-state index in [0.29, 0.717) is 15.7 Å². The molecular weight excluding hydrogens is 392 g/mol. The highest BCUT2D eigenvalue weighted by atomic mass is 32.2. The zero-order valence-corrected chi connectivity index (χ0v) is 16.3. The summed E-state index contributed by atoms with van der Waals surface area (Å²) in [6.45, 7) is 1.82. The summed E-state index contributed by atoms with van der Waals surface area (Å²) in [4.78, 5) is 11.7. The number of nitrogens with zero attached hydrogens (tertiary/aromatic N) is 1. The summed E-state index contributed by atoms with van der Waals surface area (Å²) in [7, 11) is -6.19. The molecule has 0 aliphatic carbocycles. The highest BCUT2D eigenvalue weighted by Crippen LogP contribution is 2.29. The van der Waals surface area contributed by atoms with Crippen molar-refractivity contribution in [1.82, 2.24) is 0 Å². The summed E-state index contributed by atoms with van der Waals surface area (Å²) in [5.41, 5.74) is 1.25. The van der Waals surface area contributed by atoms with Gasteiger partial charge in [0.2, 0.25) is 15.9 Å². The lowest BCUT2D eigenvalue weighted by molar-refractivity contribution is -0.116. The Morgan fingerprint density at radius 2 is 1.78 bits per heavy atom. The molecule has 1 saturated heterocycles. The third-order valence-corrected chi connectivity index (χ3v) is 7.13. The van der Waals surface area contributed by atoms with Crippen LogP contribution >= 0.6 is 0 Å². The predicted octanol–water partition coefficient (Wildman–Crippen LogP) is 1.87. The average molecular weight is 410 g/mol. The zero-order chi connectivity index (χ0) is 19.8. The van der Waals surface area contributed by atoms with Crippen molar-refractivity contribution in [2.75, 3.05) is 21.9 Å². The van der Waals surface area contributed by atoms with Crippen molar-refractivity contribution in [2.45, 2.75) is 18.2 Å². The topological polar surface area (TPSA) is 110 Å². The molecule has 8 nitrogen and oxygen atoms in total. The van der Waals surface area contributed by atoms with E-state index < -0.39 is 26.0 Å². The number of amides is 1. The van der Waals surface area contributed by atoms with E-state index in [1.165, 1.54) is 31.4 Å². The molecule has 0 aromatic heterocycles. The minimum Gasteiger partial charge on any atom is -0.495 e. The third-order valence-electron chi connectivity index (χ3n) is 4.06. The van der Waals surface area contributed by atoms with Gasteiger partial charge in [-0.1, -0.05) is 6.07 Å². The Balaban J connectivity index is 1.91. The van der Waals surface area contributed by atoms with E-state index in [4.69, 9.17) is 4.74 Å². The van der Waals surface area contributed by atoms with Crippen LogP contribution in [0.1, 0.15) is 12.0 Å². The SMILES string of the molecule is COc1ccc(C)cc1NS(=O)(=O)c1ccc(N2C(=O)CCS2(=O)=O)cc1. The first-order valence-electron chi connectivity index (χ1n) is 7.97. The molecule has 1 aliphatic rings. The van der Waals surface area contributed by atoms with Crippen molar-refractivity contribution in [3.05, 3.63) is 48.0 Å².